The van der Waals surface area contributed by atoms with Crippen LogP contribution in [0, 0.1) is 0 Å². The van der Waals surface area contributed by atoms with Gasteiger partial charge in [-0.3, -0.25) is 4.79 Å². The Morgan fingerprint density at radius 3 is 2.53 bits per heavy atom. The van der Waals surface area contributed by atoms with E-state index in [0.29, 0.717) is 12.1 Å². The molecule has 1 N–H and O–H groups in total. The van der Waals surface area contributed by atoms with Gasteiger partial charge in [-0.1, -0.05) is 18.2 Å². The van der Waals surface area contributed by atoms with Crippen LogP contribution in [-0.2, 0) is 12.3 Å². The molecule has 0 aliphatic heterocycles. The summed E-state index contributed by atoms with van der Waals surface area (Å²) in [6, 6.07) is 23.5. The lowest BCUT2D eigenvalue weighted by Gasteiger charge is -2.07. The molecule has 0 aliphatic carbocycles. The van der Waals surface area contributed by atoms with Crippen molar-refractivity contribution in [1.82, 2.24) is 24.5 Å². The molecule has 158 valence electrons. The first-order chi connectivity index (χ1) is 15.7. The average molecular weight is 440 g/mol. The third kappa shape index (κ3) is 4.58. The zero-order valence-corrected chi connectivity index (χ0v) is 18.1. The van der Waals surface area contributed by atoms with Crippen molar-refractivity contribution in [3.63, 3.8) is 0 Å². The fourth-order valence-corrected chi connectivity index (χ4v) is 4.17. The van der Waals surface area contributed by atoms with Crippen LogP contribution in [0.25, 0.3) is 11.3 Å². The van der Waals surface area contributed by atoms with Gasteiger partial charge in [0.15, 0.2) is 0 Å². The van der Waals surface area contributed by atoms with Crippen LogP contribution in [0.15, 0.2) is 102 Å². The largest absolute Gasteiger partial charge is 0.348 e. The van der Waals surface area contributed by atoms with Crippen molar-refractivity contribution in [3.8, 4) is 5.69 Å². The standard InChI is InChI=1S/C25H21N5OS/c31-25(26-16-19-5-9-22(10-6-19)30-15-3-13-27-30)20-7-11-23(12-8-20)32-18-21-17-29-14-2-1-4-24(29)28-21/h1-15,17H,16,18H2,(H,26,31). The van der Waals surface area contributed by atoms with Crippen LogP contribution < -0.4 is 5.32 Å². The van der Waals surface area contributed by atoms with Crippen LogP contribution in [0.3, 0.4) is 0 Å². The minimum Gasteiger partial charge on any atom is -0.348 e. The number of aromatic nitrogens is 4. The van der Waals surface area contributed by atoms with Gasteiger partial charge < -0.3 is 9.72 Å². The Labute approximate surface area is 189 Å². The molecule has 0 saturated carbocycles. The van der Waals surface area contributed by atoms with E-state index in [1.165, 1.54) is 0 Å². The second-order valence-electron chi connectivity index (χ2n) is 7.31. The van der Waals surface area contributed by atoms with Crippen molar-refractivity contribution in [2.45, 2.75) is 17.2 Å². The topological polar surface area (TPSA) is 64.2 Å². The van der Waals surface area contributed by atoms with E-state index in [1.807, 2.05) is 95.8 Å². The summed E-state index contributed by atoms with van der Waals surface area (Å²) in [5, 5.41) is 7.20. The number of imidazole rings is 1. The molecule has 2 aromatic carbocycles. The molecular formula is C25H21N5OS. The first-order valence-corrected chi connectivity index (χ1v) is 11.3. The Kier molecular flexibility index (Phi) is 5.72. The Morgan fingerprint density at radius 1 is 0.938 bits per heavy atom. The predicted octanol–water partition coefficient (Wildman–Crippen LogP) is 4.74. The number of pyridine rings is 1. The molecule has 1 amide bonds. The van der Waals surface area contributed by atoms with Gasteiger partial charge in [-0.2, -0.15) is 5.10 Å². The Balaban J connectivity index is 1.14. The number of nitrogens with zero attached hydrogens (tertiary/aromatic N) is 4. The SMILES string of the molecule is O=C(NCc1ccc(-n2cccn2)cc1)c1ccc(SCc2cn3ccccc3n2)cc1. The fourth-order valence-electron chi connectivity index (χ4n) is 3.39. The van der Waals surface area contributed by atoms with Gasteiger partial charge in [0.2, 0.25) is 0 Å². The van der Waals surface area contributed by atoms with Crippen molar-refractivity contribution in [2.24, 2.45) is 0 Å². The second-order valence-corrected chi connectivity index (χ2v) is 8.36. The summed E-state index contributed by atoms with van der Waals surface area (Å²) in [5.74, 6) is 0.694. The van der Waals surface area contributed by atoms with Crippen LogP contribution in [-0.4, -0.2) is 25.1 Å². The van der Waals surface area contributed by atoms with Crippen LogP contribution in [0.1, 0.15) is 21.6 Å². The summed E-state index contributed by atoms with van der Waals surface area (Å²) in [5.41, 5.74) is 4.65. The van der Waals surface area contributed by atoms with Crippen LogP contribution in [0.2, 0.25) is 0 Å². The smallest absolute Gasteiger partial charge is 0.251 e. The number of fused-ring (bicyclic) bond motifs is 1. The van der Waals surface area contributed by atoms with Crippen molar-refractivity contribution < 1.29 is 4.79 Å². The first-order valence-electron chi connectivity index (χ1n) is 10.3. The molecule has 0 fully saturated rings. The highest BCUT2D eigenvalue weighted by molar-refractivity contribution is 7.98. The first kappa shape index (κ1) is 20.1. The van der Waals surface area contributed by atoms with Crippen molar-refractivity contribution in [3.05, 3.63) is 114 Å². The quantitative estimate of drug-likeness (QED) is 0.372. The molecule has 0 radical (unpaired) electrons. The van der Waals surface area contributed by atoms with Crippen molar-refractivity contribution in [2.75, 3.05) is 0 Å². The van der Waals surface area contributed by atoms with E-state index in [9.17, 15) is 4.79 Å². The van der Waals surface area contributed by atoms with Crippen LogP contribution in [0.4, 0.5) is 0 Å². The fraction of sp³-hybridized carbons (Fsp3) is 0.0800. The number of carbonyl (C=O) groups excluding carboxylic acids is 1. The highest BCUT2D eigenvalue weighted by Gasteiger charge is 2.07. The van der Waals surface area contributed by atoms with Gasteiger partial charge in [-0.15, -0.1) is 11.8 Å². The summed E-state index contributed by atoms with van der Waals surface area (Å²) >= 11 is 1.70. The number of amides is 1. The van der Waals surface area contributed by atoms with Gasteiger partial charge in [0, 0.05) is 47.5 Å². The van der Waals surface area contributed by atoms with E-state index in [2.05, 4.69) is 15.4 Å². The molecule has 0 unspecified atom stereocenters. The summed E-state index contributed by atoms with van der Waals surface area (Å²) < 4.78 is 3.82. The van der Waals surface area contributed by atoms with Gasteiger partial charge in [-0.25, -0.2) is 9.67 Å². The van der Waals surface area contributed by atoms with Crippen molar-refractivity contribution >= 4 is 23.3 Å². The normalized spacial score (nSPS) is 11.0. The Bertz CT molecular complexity index is 1290. The molecule has 5 rings (SSSR count). The lowest BCUT2D eigenvalue weighted by Crippen LogP contribution is -2.22. The molecule has 32 heavy (non-hydrogen) atoms. The maximum Gasteiger partial charge on any atom is 0.251 e. The molecule has 0 saturated heterocycles. The second kappa shape index (κ2) is 9.11. The van der Waals surface area contributed by atoms with E-state index in [-0.39, 0.29) is 5.91 Å². The number of rotatable bonds is 7. The lowest BCUT2D eigenvalue weighted by atomic mass is 10.2. The maximum absolute atomic E-state index is 12.5. The van der Waals surface area contributed by atoms with E-state index < -0.39 is 0 Å². The molecule has 0 atom stereocenters. The lowest BCUT2D eigenvalue weighted by molar-refractivity contribution is 0.0951. The molecule has 7 heteroatoms. The van der Waals surface area contributed by atoms with Gasteiger partial charge in [0.05, 0.1) is 11.4 Å². The number of benzene rings is 2. The maximum atomic E-state index is 12.5. The number of thioether (sulfide) groups is 1. The zero-order valence-electron chi connectivity index (χ0n) is 17.3. The molecule has 0 bridgehead atoms. The molecule has 3 heterocycles. The highest BCUT2D eigenvalue weighted by atomic mass is 32.2. The molecule has 0 spiro atoms. The van der Waals surface area contributed by atoms with E-state index in [4.69, 9.17) is 0 Å². The summed E-state index contributed by atoms with van der Waals surface area (Å²) in [6.45, 7) is 0.475. The minimum atomic E-state index is -0.0851. The summed E-state index contributed by atoms with van der Waals surface area (Å²) in [4.78, 5) is 18.2. The number of nitrogens with one attached hydrogen (secondary N) is 1. The molecular weight excluding hydrogens is 418 g/mol. The summed E-state index contributed by atoms with van der Waals surface area (Å²) in [6.07, 6.45) is 7.69. The van der Waals surface area contributed by atoms with Crippen molar-refractivity contribution in [1.29, 1.82) is 0 Å². The van der Waals surface area contributed by atoms with E-state index >= 15 is 0 Å². The van der Waals surface area contributed by atoms with E-state index in [1.54, 1.807) is 22.6 Å². The van der Waals surface area contributed by atoms with E-state index in [0.717, 1.165) is 33.2 Å². The molecule has 6 nitrogen and oxygen atoms in total. The van der Waals surface area contributed by atoms with Gasteiger partial charge in [-0.05, 0) is 60.2 Å². The molecule has 3 aromatic heterocycles. The number of hydrogen-bond donors (Lipinski definition) is 1. The average Bonchev–Trinajstić information content (AvgIpc) is 3.52. The number of hydrogen-bond acceptors (Lipinski definition) is 4. The third-order valence-electron chi connectivity index (χ3n) is 5.08. The van der Waals surface area contributed by atoms with Crippen LogP contribution >= 0.6 is 11.8 Å². The van der Waals surface area contributed by atoms with Gasteiger partial charge >= 0.3 is 0 Å². The van der Waals surface area contributed by atoms with Crippen LogP contribution in [0.5, 0.6) is 0 Å². The van der Waals surface area contributed by atoms with Gasteiger partial charge in [0.25, 0.3) is 5.91 Å². The monoisotopic (exact) mass is 439 g/mol. The molecule has 0 aliphatic rings. The number of carbonyl (C=O) groups is 1. The predicted molar refractivity (Wildman–Crippen MR) is 126 cm³/mol. The summed E-state index contributed by atoms with van der Waals surface area (Å²) in [7, 11) is 0. The molecule has 5 aromatic rings. The Morgan fingerprint density at radius 2 is 1.78 bits per heavy atom. The Hall–Kier alpha value is -3.84. The highest BCUT2D eigenvalue weighted by Crippen LogP contribution is 2.23. The van der Waals surface area contributed by atoms with Gasteiger partial charge in [0.1, 0.15) is 5.65 Å². The zero-order chi connectivity index (χ0) is 21.8. The minimum absolute atomic E-state index is 0.0851. The third-order valence-corrected chi connectivity index (χ3v) is 6.12.